The molecule has 4 nitrogen and oxygen atoms in total. The third-order valence-electron chi connectivity index (χ3n) is 5.45. The van der Waals surface area contributed by atoms with E-state index in [4.69, 9.17) is 4.74 Å². The fourth-order valence-electron chi connectivity index (χ4n) is 3.78. The molecule has 1 unspecified atom stereocenters. The molecule has 0 fully saturated rings. The van der Waals surface area contributed by atoms with E-state index in [1.54, 1.807) is 0 Å². The molecule has 0 spiro atoms. The van der Waals surface area contributed by atoms with Crippen LogP contribution in [0.5, 0.6) is 5.75 Å². The van der Waals surface area contributed by atoms with Gasteiger partial charge in [-0.05, 0) is 54.7 Å². The lowest BCUT2D eigenvalue weighted by molar-refractivity contribution is 0.0896. The number of amides is 1. The lowest BCUT2D eigenvalue weighted by atomic mass is 9.92. The molecule has 1 heterocycles. The molecule has 1 atom stereocenters. The molecule has 0 saturated heterocycles. The van der Waals surface area contributed by atoms with E-state index in [1.807, 2.05) is 54.6 Å². The van der Waals surface area contributed by atoms with Crippen molar-refractivity contribution in [3.8, 4) is 5.75 Å². The predicted octanol–water partition coefficient (Wildman–Crippen LogP) is 5.12. The van der Waals surface area contributed by atoms with E-state index < -0.39 is 5.66 Å². The normalized spacial score (nSPS) is 17.8. The van der Waals surface area contributed by atoms with Crippen molar-refractivity contribution in [3.05, 3.63) is 95.6 Å². The highest BCUT2D eigenvalue weighted by Gasteiger charge is 2.37. The topological polar surface area (TPSA) is 50.4 Å². The Labute approximate surface area is 171 Å². The maximum atomic E-state index is 12.6. The number of anilines is 1. The standard InChI is InChI=1S/C25H26N2O2/c1-2-25(26-23-13-7-6-12-22(23)24(28)27-25)20-14-16-21(17-15-20)29-18-8-11-19-9-4-3-5-10-19/h3-7,9-10,12-17,26H,2,8,11,18H2,1H3,(H,27,28). The van der Waals surface area contributed by atoms with E-state index in [2.05, 4.69) is 41.8 Å². The summed E-state index contributed by atoms with van der Waals surface area (Å²) < 4.78 is 5.91. The van der Waals surface area contributed by atoms with Crippen LogP contribution in [0.3, 0.4) is 0 Å². The molecule has 3 aromatic carbocycles. The number of nitrogens with one attached hydrogen (secondary N) is 2. The van der Waals surface area contributed by atoms with E-state index in [1.165, 1.54) is 5.56 Å². The van der Waals surface area contributed by atoms with Crippen LogP contribution in [-0.4, -0.2) is 12.5 Å². The van der Waals surface area contributed by atoms with Crippen LogP contribution in [0.25, 0.3) is 0 Å². The van der Waals surface area contributed by atoms with Crippen LogP contribution in [0.4, 0.5) is 5.69 Å². The first kappa shape index (κ1) is 19.1. The number of carbonyl (C=O) groups excluding carboxylic acids is 1. The van der Waals surface area contributed by atoms with E-state index in [9.17, 15) is 4.79 Å². The molecule has 0 bridgehead atoms. The van der Waals surface area contributed by atoms with E-state index in [0.717, 1.165) is 36.3 Å². The summed E-state index contributed by atoms with van der Waals surface area (Å²) in [4.78, 5) is 12.6. The first-order chi connectivity index (χ1) is 14.2. The quantitative estimate of drug-likeness (QED) is 0.554. The zero-order valence-corrected chi connectivity index (χ0v) is 16.7. The zero-order chi connectivity index (χ0) is 20.1. The number of ether oxygens (including phenoxy) is 1. The van der Waals surface area contributed by atoms with Gasteiger partial charge in [-0.3, -0.25) is 4.79 Å². The van der Waals surface area contributed by atoms with Gasteiger partial charge < -0.3 is 15.4 Å². The van der Waals surface area contributed by atoms with Gasteiger partial charge in [0.15, 0.2) is 0 Å². The van der Waals surface area contributed by atoms with Gasteiger partial charge in [-0.2, -0.15) is 0 Å². The first-order valence-electron chi connectivity index (χ1n) is 10.2. The molecule has 148 valence electrons. The highest BCUT2D eigenvalue weighted by molar-refractivity contribution is 6.02. The van der Waals surface area contributed by atoms with Crippen molar-refractivity contribution in [1.29, 1.82) is 0 Å². The summed E-state index contributed by atoms with van der Waals surface area (Å²) in [5, 5.41) is 6.68. The predicted molar refractivity (Wildman–Crippen MR) is 116 cm³/mol. The Balaban J connectivity index is 1.41. The third kappa shape index (κ3) is 4.11. The number of carbonyl (C=O) groups is 1. The summed E-state index contributed by atoms with van der Waals surface area (Å²) in [6.07, 6.45) is 2.71. The van der Waals surface area contributed by atoms with E-state index in [-0.39, 0.29) is 5.91 Å². The molecule has 4 heteroatoms. The second-order valence-electron chi connectivity index (χ2n) is 7.35. The Hall–Kier alpha value is -3.27. The number of rotatable bonds is 7. The molecular formula is C25H26N2O2. The fourth-order valence-corrected chi connectivity index (χ4v) is 3.78. The van der Waals surface area contributed by atoms with Gasteiger partial charge in [-0.25, -0.2) is 0 Å². The highest BCUT2D eigenvalue weighted by atomic mass is 16.5. The van der Waals surface area contributed by atoms with Crippen LogP contribution >= 0.6 is 0 Å². The fraction of sp³-hybridized carbons (Fsp3) is 0.240. The summed E-state index contributed by atoms with van der Waals surface area (Å²) in [5.74, 6) is 0.790. The molecule has 3 aromatic rings. The number of benzene rings is 3. The largest absolute Gasteiger partial charge is 0.494 e. The first-order valence-corrected chi connectivity index (χ1v) is 10.2. The van der Waals surface area contributed by atoms with Crippen LogP contribution < -0.4 is 15.4 Å². The van der Waals surface area contributed by atoms with Crippen LogP contribution in [0.2, 0.25) is 0 Å². The minimum Gasteiger partial charge on any atom is -0.494 e. The minimum absolute atomic E-state index is 0.0533. The molecule has 0 aromatic heterocycles. The van der Waals surface area contributed by atoms with E-state index >= 15 is 0 Å². The summed E-state index contributed by atoms with van der Waals surface area (Å²) >= 11 is 0. The van der Waals surface area contributed by atoms with Gasteiger partial charge in [0.25, 0.3) is 5.91 Å². The molecule has 1 amide bonds. The molecule has 29 heavy (non-hydrogen) atoms. The van der Waals surface area contributed by atoms with Gasteiger partial charge in [0.05, 0.1) is 12.2 Å². The Bertz CT molecular complexity index is 970. The Morgan fingerprint density at radius 2 is 1.59 bits per heavy atom. The van der Waals surface area contributed by atoms with Gasteiger partial charge in [0.2, 0.25) is 0 Å². The molecule has 0 radical (unpaired) electrons. The molecule has 1 aliphatic heterocycles. The number of hydrogen-bond acceptors (Lipinski definition) is 3. The van der Waals surface area contributed by atoms with Crippen LogP contribution in [0.15, 0.2) is 78.9 Å². The second kappa shape index (κ2) is 8.39. The number of aryl methyl sites for hydroxylation is 1. The average molecular weight is 386 g/mol. The number of hydrogen-bond donors (Lipinski definition) is 2. The Morgan fingerprint density at radius 1 is 0.862 bits per heavy atom. The lowest BCUT2D eigenvalue weighted by Crippen LogP contribution is -2.54. The average Bonchev–Trinajstić information content (AvgIpc) is 2.78. The van der Waals surface area contributed by atoms with Crippen molar-refractivity contribution in [2.45, 2.75) is 31.8 Å². The molecular weight excluding hydrogens is 360 g/mol. The van der Waals surface area contributed by atoms with Gasteiger partial charge in [0, 0.05) is 5.69 Å². The van der Waals surface area contributed by atoms with Gasteiger partial charge >= 0.3 is 0 Å². The SMILES string of the molecule is CCC1(c2ccc(OCCCc3ccccc3)cc2)NC(=O)c2ccccc2N1. The highest BCUT2D eigenvalue weighted by Crippen LogP contribution is 2.34. The Morgan fingerprint density at radius 3 is 2.34 bits per heavy atom. The van der Waals surface area contributed by atoms with Crippen molar-refractivity contribution in [2.24, 2.45) is 0 Å². The molecule has 2 N–H and O–H groups in total. The maximum Gasteiger partial charge on any atom is 0.255 e. The summed E-state index contributed by atoms with van der Waals surface area (Å²) in [6, 6.07) is 26.1. The molecule has 0 saturated carbocycles. The van der Waals surface area contributed by atoms with Crippen molar-refractivity contribution in [2.75, 3.05) is 11.9 Å². The molecule has 1 aliphatic rings. The second-order valence-corrected chi connectivity index (χ2v) is 7.35. The minimum atomic E-state index is -0.614. The summed E-state index contributed by atoms with van der Waals surface area (Å²) in [6.45, 7) is 2.74. The van der Waals surface area contributed by atoms with Crippen molar-refractivity contribution >= 4 is 11.6 Å². The monoisotopic (exact) mass is 386 g/mol. The van der Waals surface area contributed by atoms with E-state index in [0.29, 0.717) is 12.2 Å². The van der Waals surface area contributed by atoms with Gasteiger partial charge in [0.1, 0.15) is 11.4 Å². The maximum absolute atomic E-state index is 12.6. The van der Waals surface area contributed by atoms with Gasteiger partial charge in [-0.1, -0.05) is 61.5 Å². The number of para-hydroxylation sites is 1. The molecule has 4 rings (SSSR count). The molecule has 0 aliphatic carbocycles. The van der Waals surface area contributed by atoms with Crippen molar-refractivity contribution in [3.63, 3.8) is 0 Å². The zero-order valence-electron chi connectivity index (χ0n) is 16.7. The van der Waals surface area contributed by atoms with Crippen LogP contribution in [-0.2, 0) is 12.1 Å². The smallest absolute Gasteiger partial charge is 0.255 e. The summed E-state index contributed by atoms with van der Waals surface area (Å²) in [7, 11) is 0. The van der Waals surface area contributed by atoms with Crippen molar-refractivity contribution in [1.82, 2.24) is 5.32 Å². The van der Waals surface area contributed by atoms with Gasteiger partial charge in [-0.15, -0.1) is 0 Å². The Kier molecular flexibility index (Phi) is 5.52. The van der Waals surface area contributed by atoms with Crippen LogP contribution in [0.1, 0.15) is 41.3 Å². The van der Waals surface area contributed by atoms with Crippen LogP contribution in [0, 0.1) is 0 Å². The summed E-state index contributed by atoms with van der Waals surface area (Å²) in [5.41, 5.74) is 3.27. The third-order valence-corrected chi connectivity index (χ3v) is 5.45. The lowest BCUT2D eigenvalue weighted by Gasteiger charge is -2.40. The number of fused-ring (bicyclic) bond motifs is 1. The van der Waals surface area contributed by atoms with Crippen molar-refractivity contribution < 1.29 is 9.53 Å².